The van der Waals surface area contributed by atoms with Gasteiger partial charge in [-0.15, -0.1) is 10.2 Å². The van der Waals surface area contributed by atoms with Crippen molar-refractivity contribution in [2.24, 2.45) is 5.73 Å². The summed E-state index contributed by atoms with van der Waals surface area (Å²) in [6.45, 7) is 2.43. The van der Waals surface area contributed by atoms with Gasteiger partial charge in [-0.25, -0.2) is 0 Å². The fraction of sp³-hybridized carbons (Fsp3) is 0.357. The van der Waals surface area contributed by atoms with Crippen molar-refractivity contribution in [2.45, 2.75) is 18.9 Å². The number of aromatic nitrogens is 2. The van der Waals surface area contributed by atoms with Crippen LogP contribution in [-0.4, -0.2) is 34.9 Å². The Hall–Kier alpha value is -2.25. The molecule has 0 radical (unpaired) electrons. The Morgan fingerprint density at radius 2 is 2.19 bits per heavy atom. The van der Waals surface area contributed by atoms with Gasteiger partial charge in [0.15, 0.2) is 0 Å². The third-order valence-corrected chi connectivity index (χ3v) is 3.44. The summed E-state index contributed by atoms with van der Waals surface area (Å²) in [5.41, 5.74) is 6.31. The van der Waals surface area contributed by atoms with Crippen molar-refractivity contribution in [2.75, 3.05) is 18.5 Å². The number of anilines is 1. The van der Waals surface area contributed by atoms with Crippen molar-refractivity contribution >= 4 is 11.6 Å². The molecule has 1 aliphatic heterocycles. The van der Waals surface area contributed by atoms with Crippen LogP contribution < -0.4 is 11.1 Å². The second-order valence-electron chi connectivity index (χ2n) is 5.08. The summed E-state index contributed by atoms with van der Waals surface area (Å²) in [5, 5.41) is 10.6. The molecule has 1 atom stereocenters. The second-order valence-corrected chi connectivity index (χ2v) is 5.08. The summed E-state index contributed by atoms with van der Waals surface area (Å²) in [7, 11) is 0. The predicted molar refractivity (Wildman–Crippen MR) is 75.5 cm³/mol. The molecule has 0 aliphatic carbocycles. The summed E-state index contributed by atoms with van der Waals surface area (Å²) < 4.78 is 10.6. The average Bonchev–Trinajstić information content (AvgIpc) is 3.09. The highest BCUT2D eigenvalue weighted by atomic mass is 16.5. The fourth-order valence-corrected chi connectivity index (χ4v) is 2.19. The zero-order chi connectivity index (χ0) is 14.9. The topological polar surface area (TPSA) is 103 Å². The molecule has 0 spiro atoms. The number of hydrogen-bond donors (Lipinski definition) is 2. The molecular formula is C14H16N4O3. The van der Waals surface area contributed by atoms with E-state index in [4.69, 9.17) is 14.9 Å². The van der Waals surface area contributed by atoms with Crippen molar-refractivity contribution in [1.82, 2.24) is 10.2 Å². The van der Waals surface area contributed by atoms with Crippen molar-refractivity contribution in [3.63, 3.8) is 0 Å². The molecule has 2 heterocycles. The molecule has 1 saturated heterocycles. The summed E-state index contributed by atoms with van der Waals surface area (Å²) in [4.78, 5) is 12.3. The van der Waals surface area contributed by atoms with Gasteiger partial charge in [-0.1, -0.05) is 12.1 Å². The average molecular weight is 288 g/mol. The van der Waals surface area contributed by atoms with Gasteiger partial charge in [0.05, 0.1) is 17.9 Å². The molecule has 1 aliphatic rings. The Balaban J connectivity index is 1.87. The van der Waals surface area contributed by atoms with Crippen LogP contribution in [0.15, 0.2) is 28.7 Å². The lowest BCUT2D eigenvalue weighted by atomic mass is 9.99. The predicted octanol–water partition coefficient (Wildman–Crippen LogP) is 1.10. The largest absolute Gasteiger partial charge is 0.421 e. The van der Waals surface area contributed by atoms with E-state index >= 15 is 0 Å². The molecule has 1 aromatic heterocycles. The number of amides is 1. The molecule has 1 unspecified atom stereocenters. The van der Waals surface area contributed by atoms with Gasteiger partial charge < -0.3 is 20.2 Å². The van der Waals surface area contributed by atoms with Crippen LogP contribution in [0.2, 0.25) is 0 Å². The number of nitrogens with zero attached hydrogens (tertiary/aromatic N) is 2. The zero-order valence-corrected chi connectivity index (χ0v) is 11.6. The van der Waals surface area contributed by atoms with Crippen LogP contribution in [0, 0.1) is 6.92 Å². The highest BCUT2D eigenvalue weighted by Crippen LogP contribution is 2.28. The van der Waals surface area contributed by atoms with Crippen LogP contribution in [0.3, 0.4) is 0 Å². The molecule has 3 N–H and O–H groups in total. The number of carbonyl (C=O) groups excluding carboxylic acids is 1. The Morgan fingerprint density at radius 1 is 1.38 bits per heavy atom. The van der Waals surface area contributed by atoms with Crippen LogP contribution in [0.5, 0.6) is 0 Å². The Morgan fingerprint density at radius 3 is 2.86 bits per heavy atom. The van der Waals surface area contributed by atoms with E-state index in [1.165, 1.54) is 0 Å². The van der Waals surface area contributed by atoms with E-state index in [0.29, 0.717) is 36.1 Å². The Kier molecular flexibility index (Phi) is 3.44. The highest BCUT2D eigenvalue weighted by Gasteiger charge is 2.38. The molecule has 0 bridgehead atoms. The maximum atomic E-state index is 12.3. The van der Waals surface area contributed by atoms with Gasteiger partial charge in [-0.3, -0.25) is 4.79 Å². The Labute approximate surface area is 121 Å². The maximum Gasteiger partial charge on any atom is 0.249 e. The van der Waals surface area contributed by atoms with E-state index in [-0.39, 0.29) is 12.5 Å². The molecule has 7 heteroatoms. The molecule has 7 nitrogen and oxygen atoms in total. The van der Waals surface area contributed by atoms with Crippen LogP contribution >= 0.6 is 0 Å². The molecule has 110 valence electrons. The monoisotopic (exact) mass is 288 g/mol. The summed E-state index contributed by atoms with van der Waals surface area (Å²) in [6, 6.07) is 7.22. The van der Waals surface area contributed by atoms with E-state index in [0.717, 1.165) is 0 Å². The first-order chi connectivity index (χ1) is 10.1. The first-order valence-electron chi connectivity index (χ1n) is 6.66. The standard InChI is InChI=1S/C14H16N4O3/c1-9-17-18-12(21-9)10-4-2-3-5-11(10)16-13(19)14(15)6-7-20-8-14/h2-5H,6-8,15H2,1H3,(H,16,19). The SMILES string of the molecule is Cc1nnc(-c2ccccc2NC(=O)C2(N)CCOC2)o1. The first kappa shape index (κ1) is 13.7. The number of nitrogens with two attached hydrogens (primary N) is 1. The van der Waals surface area contributed by atoms with Crippen molar-refractivity contribution < 1.29 is 13.9 Å². The van der Waals surface area contributed by atoms with Gasteiger partial charge in [0.2, 0.25) is 17.7 Å². The maximum absolute atomic E-state index is 12.3. The van der Waals surface area contributed by atoms with Crippen molar-refractivity contribution in [1.29, 1.82) is 0 Å². The number of aryl methyl sites for hydroxylation is 1. The molecule has 1 fully saturated rings. The molecule has 3 rings (SSSR count). The van der Waals surface area contributed by atoms with E-state index in [2.05, 4.69) is 15.5 Å². The van der Waals surface area contributed by atoms with Gasteiger partial charge in [-0.05, 0) is 18.6 Å². The van der Waals surface area contributed by atoms with Crippen molar-refractivity contribution in [3.8, 4) is 11.5 Å². The van der Waals surface area contributed by atoms with E-state index in [1.54, 1.807) is 19.1 Å². The highest BCUT2D eigenvalue weighted by molar-refractivity contribution is 6.00. The minimum absolute atomic E-state index is 0.223. The lowest BCUT2D eigenvalue weighted by Gasteiger charge is -2.21. The Bertz CT molecular complexity index is 662. The van der Waals surface area contributed by atoms with E-state index < -0.39 is 5.54 Å². The third-order valence-electron chi connectivity index (χ3n) is 3.44. The number of ether oxygens (including phenoxy) is 1. The number of nitrogens with one attached hydrogen (secondary N) is 1. The smallest absolute Gasteiger partial charge is 0.249 e. The zero-order valence-electron chi connectivity index (χ0n) is 11.6. The minimum Gasteiger partial charge on any atom is -0.421 e. The third kappa shape index (κ3) is 2.65. The number of hydrogen-bond acceptors (Lipinski definition) is 6. The van der Waals surface area contributed by atoms with Gasteiger partial charge in [0, 0.05) is 13.5 Å². The van der Waals surface area contributed by atoms with Crippen LogP contribution in [0.4, 0.5) is 5.69 Å². The lowest BCUT2D eigenvalue weighted by molar-refractivity contribution is -0.121. The summed E-state index contributed by atoms with van der Waals surface area (Å²) >= 11 is 0. The van der Waals surface area contributed by atoms with E-state index in [9.17, 15) is 4.79 Å². The van der Waals surface area contributed by atoms with Crippen LogP contribution in [0.25, 0.3) is 11.5 Å². The lowest BCUT2D eigenvalue weighted by Crippen LogP contribution is -2.51. The number of rotatable bonds is 3. The van der Waals surface area contributed by atoms with Gasteiger partial charge in [-0.2, -0.15) is 0 Å². The molecule has 2 aromatic rings. The summed E-state index contributed by atoms with van der Waals surface area (Å²) in [6.07, 6.45) is 0.501. The molecule has 1 amide bonds. The first-order valence-corrected chi connectivity index (χ1v) is 6.66. The second kappa shape index (κ2) is 5.27. The number of benzene rings is 1. The molecule has 0 saturated carbocycles. The van der Waals surface area contributed by atoms with E-state index in [1.807, 2.05) is 12.1 Å². The van der Waals surface area contributed by atoms with Crippen molar-refractivity contribution in [3.05, 3.63) is 30.2 Å². The number of carbonyl (C=O) groups is 1. The fourth-order valence-electron chi connectivity index (χ4n) is 2.19. The molecule has 1 aromatic carbocycles. The van der Waals surface area contributed by atoms with Gasteiger partial charge in [0.25, 0.3) is 0 Å². The quantitative estimate of drug-likeness (QED) is 0.876. The molecular weight excluding hydrogens is 272 g/mol. The minimum atomic E-state index is -0.988. The van der Waals surface area contributed by atoms with Gasteiger partial charge in [0.1, 0.15) is 5.54 Å². The summed E-state index contributed by atoms with van der Waals surface area (Å²) in [5.74, 6) is 0.548. The van der Waals surface area contributed by atoms with Crippen LogP contribution in [-0.2, 0) is 9.53 Å². The van der Waals surface area contributed by atoms with Gasteiger partial charge >= 0.3 is 0 Å². The molecule has 21 heavy (non-hydrogen) atoms. The van der Waals surface area contributed by atoms with Crippen LogP contribution in [0.1, 0.15) is 12.3 Å². The normalized spacial score (nSPS) is 21.4. The number of para-hydroxylation sites is 1.